The van der Waals surface area contributed by atoms with Gasteiger partial charge in [0.1, 0.15) is 18.2 Å². The molecule has 2 aliphatic rings. The highest BCUT2D eigenvalue weighted by Crippen LogP contribution is 2.42. The van der Waals surface area contributed by atoms with Crippen molar-refractivity contribution < 1.29 is 38.1 Å². The Morgan fingerprint density at radius 2 is 1.23 bits per heavy atom. The zero-order valence-electron chi connectivity index (χ0n) is 21.1. The third-order valence-electron chi connectivity index (χ3n) is 7.45. The minimum absolute atomic E-state index is 0.266. The number of carbonyl (C=O) groups is 1. The van der Waals surface area contributed by atoms with E-state index in [2.05, 4.69) is 26.2 Å². The Morgan fingerprint density at radius 1 is 0.800 bits per heavy atom. The first kappa shape index (κ1) is 24.9. The van der Waals surface area contributed by atoms with Crippen LogP contribution in [0.3, 0.4) is 0 Å². The maximum atomic E-state index is 13.8. The Balaban J connectivity index is 1.74. The number of ether oxygens (including phenoxy) is 5. The van der Waals surface area contributed by atoms with Gasteiger partial charge >= 0.3 is 5.97 Å². The van der Waals surface area contributed by atoms with Gasteiger partial charge in [-0.3, -0.25) is 0 Å². The number of methoxy groups -OCH3 is 4. The molecule has 3 atom stereocenters. The normalized spacial score (nSPS) is 22.4. The molecule has 2 bridgehead atoms. The molecule has 0 aliphatic carbocycles. The number of nitrogens with zero attached hydrogens (tertiary/aromatic N) is 1. The van der Waals surface area contributed by atoms with Crippen LogP contribution in [0.15, 0.2) is 48.6 Å². The van der Waals surface area contributed by atoms with Gasteiger partial charge in [-0.25, -0.2) is 4.79 Å². The highest BCUT2D eigenvalue weighted by atomic mass is 16.6. The number of hydrogen-bond donors (Lipinski definition) is 1. The van der Waals surface area contributed by atoms with Crippen LogP contribution in [-0.2, 0) is 15.1 Å². The Morgan fingerprint density at radius 3 is 1.63 bits per heavy atom. The zero-order valence-corrected chi connectivity index (χ0v) is 21.1. The Kier molecular flexibility index (Phi) is 6.71. The maximum absolute atomic E-state index is 13.8. The maximum Gasteiger partial charge on any atom is 0.347 e. The van der Waals surface area contributed by atoms with Crippen molar-refractivity contribution >= 4 is 5.97 Å². The summed E-state index contributed by atoms with van der Waals surface area (Å²) in [5.74, 6) is 0.975. The van der Waals surface area contributed by atoms with Gasteiger partial charge in [-0.05, 0) is 36.4 Å². The van der Waals surface area contributed by atoms with Gasteiger partial charge in [0.05, 0.1) is 42.5 Å². The zero-order chi connectivity index (χ0) is 25.4. The standard InChI is InChI=1S/C27H34NO7/c1-28(2)19-9-10-20(28)16-21(15-19)35-26(29)27(30,17-7-11-22(31-3)24(13-17)33-5)18-8-12-23(32-4)25(14-18)34-6/h7-14,19-21,30H,15-16H2,1-6H3/q+1/t19-,20?,21?/m1/s1. The molecule has 8 heteroatoms. The number of aliphatic hydroxyl groups is 1. The van der Waals surface area contributed by atoms with Crippen molar-refractivity contribution in [1.29, 1.82) is 0 Å². The van der Waals surface area contributed by atoms with Crippen molar-refractivity contribution in [2.24, 2.45) is 0 Å². The first-order valence-corrected chi connectivity index (χ1v) is 11.6. The number of rotatable bonds is 8. The minimum Gasteiger partial charge on any atom is -0.493 e. The van der Waals surface area contributed by atoms with Gasteiger partial charge in [-0.2, -0.15) is 0 Å². The van der Waals surface area contributed by atoms with Crippen LogP contribution in [0.5, 0.6) is 23.0 Å². The van der Waals surface area contributed by atoms with Gasteiger partial charge in [0.25, 0.3) is 0 Å². The van der Waals surface area contributed by atoms with Crippen LogP contribution >= 0.6 is 0 Å². The van der Waals surface area contributed by atoms with Crippen LogP contribution in [0.25, 0.3) is 0 Å². The molecule has 2 heterocycles. The average molecular weight is 485 g/mol. The monoisotopic (exact) mass is 484 g/mol. The second-order valence-electron chi connectivity index (χ2n) is 9.50. The van der Waals surface area contributed by atoms with Crippen LogP contribution < -0.4 is 18.9 Å². The number of benzene rings is 2. The molecule has 8 nitrogen and oxygen atoms in total. The summed E-state index contributed by atoms with van der Waals surface area (Å²) in [7, 11) is 10.4. The van der Waals surface area contributed by atoms with Gasteiger partial charge in [0.2, 0.25) is 5.60 Å². The number of hydrogen-bond acceptors (Lipinski definition) is 7. The third kappa shape index (κ3) is 4.21. The molecule has 2 aromatic rings. The van der Waals surface area contributed by atoms with Crippen molar-refractivity contribution in [3.8, 4) is 23.0 Å². The highest BCUT2D eigenvalue weighted by molar-refractivity contribution is 5.86. The molecule has 1 saturated heterocycles. The molecular weight excluding hydrogens is 450 g/mol. The van der Waals surface area contributed by atoms with E-state index in [0.717, 1.165) is 4.48 Å². The lowest BCUT2D eigenvalue weighted by atomic mass is 9.85. The lowest BCUT2D eigenvalue weighted by molar-refractivity contribution is -0.926. The molecule has 1 N–H and O–H groups in total. The van der Waals surface area contributed by atoms with E-state index in [4.69, 9.17) is 23.7 Å². The number of carbonyl (C=O) groups excluding carboxylic acids is 1. The largest absolute Gasteiger partial charge is 0.493 e. The molecule has 0 saturated carbocycles. The fraction of sp³-hybridized carbons (Fsp3) is 0.444. The van der Waals surface area contributed by atoms with Crippen molar-refractivity contribution in [1.82, 2.24) is 0 Å². The van der Waals surface area contributed by atoms with Crippen molar-refractivity contribution in [2.75, 3.05) is 42.5 Å². The Bertz CT molecular complexity index is 1050. The molecule has 2 unspecified atom stereocenters. The van der Waals surface area contributed by atoms with Gasteiger partial charge in [-0.1, -0.05) is 12.1 Å². The molecule has 0 aromatic heterocycles. The predicted octanol–water partition coefficient (Wildman–Crippen LogP) is 3.05. The molecule has 0 radical (unpaired) electrons. The molecule has 35 heavy (non-hydrogen) atoms. The fourth-order valence-electron chi connectivity index (χ4n) is 5.14. The van der Waals surface area contributed by atoms with Gasteiger partial charge in [0.15, 0.2) is 23.0 Å². The fourth-order valence-corrected chi connectivity index (χ4v) is 5.14. The van der Waals surface area contributed by atoms with Crippen molar-refractivity contribution in [2.45, 2.75) is 36.6 Å². The topological polar surface area (TPSA) is 83.5 Å². The van der Waals surface area contributed by atoms with Gasteiger partial charge < -0.3 is 33.3 Å². The number of quaternary nitrogens is 1. The number of esters is 1. The molecule has 4 rings (SSSR count). The molecular formula is C27H34NO7+. The van der Waals surface area contributed by atoms with E-state index < -0.39 is 11.6 Å². The van der Waals surface area contributed by atoms with Crippen LogP contribution in [0.4, 0.5) is 0 Å². The summed E-state index contributed by atoms with van der Waals surface area (Å²) in [6.45, 7) is 0. The van der Waals surface area contributed by atoms with Gasteiger partial charge in [-0.15, -0.1) is 0 Å². The van der Waals surface area contributed by atoms with Crippen molar-refractivity contribution in [3.63, 3.8) is 0 Å². The summed E-state index contributed by atoms with van der Waals surface area (Å²) in [4.78, 5) is 13.8. The van der Waals surface area contributed by atoms with E-state index in [1.165, 1.54) is 28.4 Å². The van der Waals surface area contributed by atoms with Crippen LogP contribution in [0.1, 0.15) is 24.0 Å². The first-order chi connectivity index (χ1) is 16.7. The van der Waals surface area contributed by atoms with E-state index in [9.17, 15) is 9.90 Å². The number of piperidine rings is 1. The summed E-state index contributed by atoms with van der Waals surface area (Å²) in [6.07, 6.45) is 5.48. The molecule has 2 aromatic carbocycles. The lowest BCUT2D eigenvalue weighted by Gasteiger charge is -2.44. The third-order valence-corrected chi connectivity index (χ3v) is 7.45. The van der Waals surface area contributed by atoms with Gasteiger partial charge in [0, 0.05) is 24.0 Å². The summed E-state index contributed by atoms with van der Waals surface area (Å²) >= 11 is 0. The van der Waals surface area contributed by atoms with Crippen molar-refractivity contribution in [3.05, 3.63) is 59.7 Å². The summed E-state index contributed by atoms with van der Waals surface area (Å²) < 4.78 is 28.4. The highest BCUT2D eigenvalue weighted by Gasteiger charge is 2.49. The molecule has 188 valence electrons. The predicted molar refractivity (Wildman–Crippen MR) is 130 cm³/mol. The Labute approximate surface area is 206 Å². The summed E-state index contributed by atoms with van der Waals surface area (Å²) in [5.41, 5.74) is -1.53. The quantitative estimate of drug-likeness (QED) is 0.350. The molecule has 1 fully saturated rings. The van der Waals surface area contributed by atoms with Crippen LogP contribution in [-0.4, -0.2) is 76.3 Å². The molecule has 0 amide bonds. The van der Waals surface area contributed by atoms with E-state index in [1.807, 2.05) is 0 Å². The van der Waals surface area contributed by atoms with Crippen LogP contribution in [0.2, 0.25) is 0 Å². The van der Waals surface area contributed by atoms with Crippen LogP contribution in [0, 0.1) is 0 Å². The van der Waals surface area contributed by atoms with E-state index in [0.29, 0.717) is 47.0 Å². The molecule has 0 spiro atoms. The Hall–Kier alpha value is -3.23. The number of fused-ring (bicyclic) bond motifs is 2. The van der Waals surface area contributed by atoms with E-state index in [-0.39, 0.29) is 18.2 Å². The summed E-state index contributed by atoms with van der Waals surface area (Å²) in [6, 6.07) is 10.3. The second-order valence-corrected chi connectivity index (χ2v) is 9.50. The number of likely N-dealkylation sites (N-methyl/N-ethyl adjacent to an activating group) is 1. The van der Waals surface area contributed by atoms with E-state index >= 15 is 0 Å². The second kappa shape index (κ2) is 9.43. The average Bonchev–Trinajstić information content (AvgIpc) is 3.02. The summed E-state index contributed by atoms with van der Waals surface area (Å²) in [5, 5.41) is 12.1. The first-order valence-electron chi connectivity index (χ1n) is 11.6. The van der Waals surface area contributed by atoms with E-state index in [1.54, 1.807) is 36.4 Å². The smallest absolute Gasteiger partial charge is 0.347 e. The minimum atomic E-state index is -2.12. The SMILES string of the molecule is COc1ccc(C(O)(C(=O)OC2CC3C=C[C@H](C2)[N+]3(C)C)c2ccc(OC)c(OC)c2)cc1OC. The molecule has 2 aliphatic heterocycles. The lowest BCUT2D eigenvalue weighted by Crippen LogP contribution is -2.57.